The van der Waals surface area contributed by atoms with Gasteiger partial charge >= 0.3 is 0 Å². The number of hydrogen-bond donors (Lipinski definition) is 2. The van der Waals surface area contributed by atoms with Crippen LogP contribution in [0.2, 0.25) is 0 Å². The summed E-state index contributed by atoms with van der Waals surface area (Å²) in [6, 6.07) is 0. The summed E-state index contributed by atoms with van der Waals surface area (Å²) >= 11 is 0. The molecule has 0 aliphatic heterocycles. The number of anilines is 1. The number of aryl methyl sites for hydroxylation is 1. The average molecular weight is 182 g/mol. The van der Waals surface area contributed by atoms with Crippen molar-refractivity contribution in [2.75, 3.05) is 18.9 Å². The maximum Gasteiger partial charge on any atom is 0.202 e. The predicted molar refractivity (Wildman–Crippen MR) is 54.8 cm³/mol. The Kier molecular flexibility index (Phi) is 2.93. The van der Waals surface area contributed by atoms with Crippen LogP contribution in [0, 0.1) is 0 Å². The third-order valence-corrected chi connectivity index (χ3v) is 2.19. The van der Waals surface area contributed by atoms with Gasteiger partial charge in [0.15, 0.2) is 0 Å². The van der Waals surface area contributed by atoms with Crippen molar-refractivity contribution < 1.29 is 0 Å². The highest BCUT2D eigenvalue weighted by Gasteiger charge is 2.14. The Morgan fingerprint density at radius 1 is 1.54 bits per heavy atom. The Labute approximate surface area is 79.4 Å². The quantitative estimate of drug-likeness (QED) is 0.724. The first-order valence-electron chi connectivity index (χ1n) is 4.45. The summed E-state index contributed by atoms with van der Waals surface area (Å²) in [4.78, 5) is 4.18. The summed E-state index contributed by atoms with van der Waals surface area (Å²) in [6.45, 7) is 5.14. The molecule has 0 saturated carbocycles. The molecule has 0 atom stereocenters. The zero-order chi connectivity index (χ0) is 9.90. The number of likely N-dealkylation sites (N-methyl/N-ethyl adjacent to an activating group) is 1. The molecule has 1 rings (SSSR count). The molecule has 0 bridgehead atoms. The SMILES string of the molecule is CNC(C)(C)CNc1nccn1C. The lowest BCUT2D eigenvalue weighted by atomic mass is 10.1. The molecule has 0 amide bonds. The molecule has 0 aliphatic rings. The van der Waals surface area contributed by atoms with E-state index in [0.29, 0.717) is 0 Å². The number of nitrogens with zero attached hydrogens (tertiary/aromatic N) is 2. The molecule has 4 nitrogen and oxygen atoms in total. The number of hydrogen-bond acceptors (Lipinski definition) is 3. The second kappa shape index (κ2) is 3.79. The molecule has 1 aromatic heterocycles. The van der Waals surface area contributed by atoms with Gasteiger partial charge in [-0.1, -0.05) is 0 Å². The van der Waals surface area contributed by atoms with E-state index in [0.717, 1.165) is 12.5 Å². The largest absolute Gasteiger partial charge is 0.354 e. The Balaban J connectivity index is 2.48. The second-order valence-corrected chi connectivity index (χ2v) is 3.85. The Hall–Kier alpha value is -1.03. The van der Waals surface area contributed by atoms with E-state index < -0.39 is 0 Å². The molecule has 1 heterocycles. The standard InChI is InChI=1S/C9H18N4/c1-9(2,10-3)7-12-8-11-5-6-13(8)4/h5-6,10H,7H2,1-4H3,(H,11,12). The zero-order valence-electron chi connectivity index (χ0n) is 8.76. The van der Waals surface area contributed by atoms with Crippen LogP contribution >= 0.6 is 0 Å². The van der Waals surface area contributed by atoms with Gasteiger partial charge in [-0.05, 0) is 20.9 Å². The van der Waals surface area contributed by atoms with Crippen molar-refractivity contribution in [1.82, 2.24) is 14.9 Å². The first-order valence-corrected chi connectivity index (χ1v) is 4.45. The summed E-state index contributed by atoms with van der Waals surface area (Å²) in [6.07, 6.45) is 3.71. The Morgan fingerprint density at radius 3 is 2.69 bits per heavy atom. The van der Waals surface area contributed by atoms with Crippen LogP contribution in [0.15, 0.2) is 12.4 Å². The van der Waals surface area contributed by atoms with E-state index in [-0.39, 0.29) is 5.54 Å². The molecule has 0 unspecified atom stereocenters. The molecule has 0 saturated heterocycles. The fourth-order valence-electron chi connectivity index (χ4n) is 0.924. The van der Waals surface area contributed by atoms with Crippen LogP contribution in [-0.4, -0.2) is 28.7 Å². The van der Waals surface area contributed by atoms with Crippen LogP contribution in [-0.2, 0) is 7.05 Å². The van der Waals surface area contributed by atoms with Gasteiger partial charge in [-0.3, -0.25) is 0 Å². The summed E-state index contributed by atoms with van der Waals surface area (Å²) in [5.74, 6) is 0.906. The normalized spacial score (nSPS) is 11.7. The van der Waals surface area contributed by atoms with Crippen molar-refractivity contribution in [3.8, 4) is 0 Å². The highest BCUT2D eigenvalue weighted by Crippen LogP contribution is 2.05. The van der Waals surface area contributed by atoms with Crippen molar-refractivity contribution >= 4 is 5.95 Å². The number of aromatic nitrogens is 2. The average Bonchev–Trinajstić information content (AvgIpc) is 2.48. The van der Waals surface area contributed by atoms with Gasteiger partial charge in [-0.15, -0.1) is 0 Å². The minimum absolute atomic E-state index is 0.0892. The maximum atomic E-state index is 4.18. The molecule has 74 valence electrons. The van der Waals surface area contributed by atoms with Crippen molar-refractivity contribution in [3.05, 3.63) is 12.4 Å². The number of nitrogens with one attached hydrogen (secondary N) is 2. The van der Waals surface area contributed by atoms with E-state index in [9.17, 15) is 0 Å². The molecule has 0 spiro atoms. The van der Waals surface area contributed by atoms with Gasteiger partial charge in [0.2, 0.25) is 5.95 Å². The lowest BCUT2D eigenvalue weighted by Gasteiger charge is -2.24. The minimum Gasteiger partial charge on any atom is -0.354 e. The number of imidazole rings is 1. The van der Waals surface area contributed by atoms with Gasteiger partial charge in [0.25, 0.3) is 0 Å². The van der Waals surface area contributed by atoms with Crippen molar-refractivity contribution in [2.45, 2.75) is 19.4 Å². The van der Waals surface area contributed by atoms with Gasteiger partial charge in [0, 0.05) is 31.5 Å². The predicted octanol–water partition coefficient (Wildman–Crippen LogP) is 0.830. The lowest BCUT2D eigenvalue weighted by molar-refractivity contribution is 0.446. The van der Waals surface area contributed by atoms with Crippen LogP contribution in [0.5, 0.6) is 0 Å². The van der Waals surface area contributed by atoms with Crippen molar-refractivity contribution in [3.63, 3.8) is 0 Å². The summed E-state index contributed by atoms with van der Waals surface area (Å²) in [5.41, 5.74) is 0.0892. The van der Waals surface area contributed by atoms with Crippen LogP contribution in [0.3, 0.4) is 0 Å². The molecule has 4 heteroatoms. The molecular formula is C9H18N4. The van der Waals surface area contributed by atoms with Crippen LogP contribution in [0.1, 0.15) is 13.8 Å². The van der Waals surface area contributed by atoms with Gasteiger partial charge in [-0.2, -0.15) is 0 Å². The third kappa shape index (κ3) is 2.73. The molecular weight excluding hydrogens is 164 g/mol. The van der Waals surface area contributed by atoms with Gasteiger partial charge < -0.3 is 15.2 Å². The van der Waals surface area contributed by atoms with Crippen LogP contribution in [0.4, 0.5) is 5.95 Å². The third-order valence-electron chi connectivity index (χ3n) is 2.19. The molecule has 0 radical (unpaired) electrons. The summed E-state index contributed by atoms with van der Waals surface area (Å²) in [5, 5.41) is 6.50. The number of rotatable bonds is 4. The van der Waals surface area contributed by atoms with Crippen LogP contribution < -0.4 is 10.6 Å². The molecule has 0 aromatic carbocycles. The van der Waals surface area contributed by atoms with E-state index in [1.807, 2.05) is 24.9 Å². The Morgan fingerprint density at radius 2 is 2.23 bits per heavy atom. The minimum atomic E-state index is 0.0892. The van der Waals surface area contributed by atoms with Crippen LogP contribution in [0.25, 0.3) is 0 Å². The van der Waals surface area contributed by atoms with E-state index in [2.05, 4.69) is 29.5 Å². The molecule has 0 aliphatic carbocycles. The van der Waals surface area contributed by atoms with E-state index >= 15 is 0 Å². The maximum absolute atomic E-state index is 4.18. The summed E-state index contributed by atoms with van der Waals surface area (Å²) < 4.78 is 1.96. The second-order valence-electron chi connectivity index (χ2n) is 3.85. The fraction of sp³-hybridized carbons (Fsp3) is 0.667. The molecule has 0 fully saturated rings. The monoisotopic (exact) mass is 182 g/mol. The molecule has 1 aromatic rings. The van der Waals surface area contributed by atoms with Gasteiger partial charge in [-0.25, -0.2) is 4.98 Å². The van der Waals surface area contributed by atoms with E-state index in [1.54, 1.807) is 6.20 Å². The summed E-state index contributed by atoms with van der Waals surface area (Å²) in [7, 11) is 3.93. The van der Waals surface area contributed by atoms with E-state index in [4.69, 9.17) is 0 Å². The van der Waals surface area contributed by atoms with Crippen molar-refractivity contribution in [1.29, 1.82) is 0 Å². The van der Waals surface area contributed by atoms with Gasteiger partial charge in [0.05, 0.1) is 0 Å². The Bertz CT molecular complexity index is 264. The highest BCUT2D eigenvalue weighted by atomic mass is 15.2. The first kappa shape index (κ1) is 10.1. The molecule has 2 N–H and O–H groups in total. The topological polar surface area (TPSA) is 41.9 Å². The first-order chi connectivity index (χ1) is 6.05. The highest BCUT2D eigenvalue weighted by molar-refractivity contribution is 5.26. The molecule has 13 heavy (non-hydrogen) atoms. The lowest BCUT2D eigenvalue weighted by Crippen LogP contribution is -2.43. The zero-order valence-corrected chi connectivity index (χ0v) is 8.76. The van der Waals surface area contributed by atoms with Crippen molar-refractivity contribution in [2.24, 2.45) is 7.05 Å². The fourth-order valence-corrected chi connectivity index (χ4v) is 0.924. The van der Waals surface area contributed by atoms with Gasteiger partial charge in [0.1, 0.15) is 0 Å². The smallest absolute Gasteiger partial charge is 0.202 e. The van der Waals surface area contributed by atoms with E-state index in [1.165, 1.54) is 0 Å².